The fraction of sp³-hybridized carbons (Fsp3) is 0.278. The second kappa shape index (κ2) is 8.79. The van der Waals surface area contributed by atoms with Crippen LogP contribution in [0, 0.1) is 0 Å². The summed E-state index contributed by atoms with van der Waals surface area (Å²) in [7, 11) is -2.10. The lowest BCUT2D eigenvalue weighted by Crippen LogP contribution is -2.36. The number of sulfonamides is 1. The summed E-state index contributed by atoms with van der Waals surface area (Å²) in [5, 5.41) is 10.7. The van der Waals surface area contributed by atoms with Gasteiger partial charge in [0.1, 0.15) is 0 Å². The summed E-state index contributed by atoms with van der Waals surface area (Å²) in [5.74, 6) is 0. The molecule has 0 aliphatic carbocycles. The Bertz CT molecular complexity index is 851. The third-order valence-corrected chi connectivity index (χ3v) is 4.84. The number of benzene rings is 2. The minimum Gasteiger partial charge on any atom is -0.380 e. The fourth-order valence-electron chi connectivity index (χ4n) is 2.48. The van der Waals surface area contributed by atoms with Crippen LogP contribution in [0.1, 0.15) is 29.7 Å². The number of urea groups is 1. The monoisotopic (exact) mass is 377 g/mol. The number of nitrogens with one attached hydrogen (secondary N) is 2. The first-order valence-corrected chi connectivity index (χ1v) is 9.58. The van der Waals surface area contributed by atoms with E-state index in [1.165, 1.54) is 12.1 Å². The molecule has 0 aliphatic rings. The fourth-order valence-corrected chi connectivity index (χ4v) is 2.99. The van der Waals surface area contributed by atoms with Crippen molar-refractivity contribution >= 4 is 16.1 Å². The molecule has 4 N–H and O–H groups in total. The van der Waals surface area contributed by atoms with Crippen LogP contribution in [-0.2, 0) is 27.9 Å². The van der Waals surface area contributed by atoms with Crippen molar-refractivity contribution in [3.8, 4) is 0 Å². The van der Waals surface area contributed by atoms with E-state index < -0.39 is 10.0 Å². The van der Waals surface area contributed by atoms with Crippen molar-refractivity contribution in [2.75, 3.05) is 7.11 Å². The molecule has 26 heavy (non-hydrogen) atoms. The summed E-state index contributed by atoms with van der Waals surface area (Å²) in [4.78, 5) is 12.2. The lowest BCUT2D eigenvalue weighted by atomic mass is 10.1. The van der Waals surface area contributed by atoms with Gasteiger partial charge in [0.25, 0.3) is 0 Å². The quantitative estimate of drug-likeness (QED) is 0.686. The van der Waals surface area contributed by atoms with Crippen LogP contribution in [0.2, 0.25) is 0 Å². The molecule has 1 atom stereocenters. The molecule has 7 nitrogen and oxygen atoms in total. The van der Waals surface area contributed by atoms with E-state index in [4.69, 9.17) is 9.88 Å². The van der Waals surface area contributed by atoms with Crippen LogP contribution in [0.25, 0.3) is 0 Å². The Morgan fingerprint density at radius 3 is 2.31 bits per heavy atom. The predicted octanol–water partition coefficient (Wildman–Crippen LogP) is 2.04. The largest absolute Gasteiger partial charge is 0.380 e. The Morgan fingerprint density at radius 1 is 1.12 bits per heavy atom. The number of rotatable bonds is 7. The van der Waals surface area contributed by atoms with Gasteiger partial charge in [-0.15, -0.1) is 0 Å². The highest BCUT2D eigenvalue weighted by molar-refractivity contribution is 7.89. The first-order valence-electron chi connectivity index (χ1n) is 8.04. The number of carbonyl (C=O) groups is 1. The maximum Gasteiger partial charge on any atom is 0.315 e. The molecule has 0 unspecified atom stereocenters. The van der Waals surface area contributed by atoms with Gasteiger partial charge in [-0.25, -0.2) is 18.4 Å². The zero-order valence-corrected chi connectivity index (χ0v) is 15.5. The Labute approximate surface area is 153 Å². The van der Waals surface area contributed by atoms with Gasteiger partial charge in [-0.1, -0.05) is 36.4 Å². The maximum absolute atomic E-state index is 12.1. The number of amides is 2. The van der Waals surface area contributed by atoms with Crippen LogP contribution < -0.4 is 15.8 Å². The van der Waals surface area contributed by atoms with Crippen LogP contribution in [0.15, 0.2) is 53.4 Å². The zero-order valence-electron chi connectivity index (χ0n) is 14.7. The molecule has 0 heterocycles. The van der Waals surface area contributed by atoms with Crippen LogP contribution in [0.5, 0.6) is 0 Å². The molecule has 0 aromatic heterocycles. The average molecular weight is 377 g/mol. The average Bonchev–Trinajstić information content (AvgIpc) is 2.60. The van der Waals surface area contributed by atoms with Crippen molar-refractivity contribution in [1.82, 2.24) is 10.6 Å². The van der Waals surface area contributed by atoms with E-state index in [-0.39, 0.29) is 17.0 Å². The minimum atomic E-state index is -3.73. The van der Waals surface area contributed by atoms with E-state index in [1.807, 2.05) is 31.2 Å². The smallest absolute Gasteiger partial charge is 0.315 e. The van der Waals surface area contributed by atoms with E-state index >= 15 is 0 Å². The zero-order chi connectivity index (χ0) is 19.2. The minimum absolute atomic E-state index is 0.0349. The van der Waals surface area contributed by atoms with Crippen LogP contribution in [0.4, 0.5) is 4.79 Å². The molecule has 0 aliphatic heterocycles. The summed E-state index contributed by atoms with van der Waals surface area (Å²) >= 11 is 0. The highest BCUT2D eigenvalue weighted by atomic mass is 32.2. The van der Waals surface area contributed by atoms with Gasteiger partial charge in [0.05, 0.1) is 17.5 Å². The molecule has 8 heteroatoms. The molecule has 0 spiro atoms. The predicted molar refractivity (Wildman–Crippen MR) is 98.8 cm³/mol. The van der Waals surface area contributed by atoms with Crippen LogP contribution in [-0.4, -0.2) is 21.6 Å². The first-order chi connectivity index (χ1) is 12.3. The van der Waals surface area contributed by atoms with Gasteiger partial charge in [-0.05, 0) is 35.7 Å². The van der Waals surface area contributed by atoms with Gasteiger partial charge in [0.2, 0.25) is 10.0 Å². The molecule has 0 saturated heterocycles. The Kier molecular flexibility index (Phi) is 6.73. The third kappa shape index (κ3) is 5.55. The molecule has 2 aromatic rings. The van der Waals surface area contributed by atoms with Crippen molar-refractivity contribution in [2.24, 2.45) is 5.14 Å². The summed E-state index contributed by atoms with van der Waals surface area (Å²) in [6, 6.07) is 13.2. The summed E-state index contributed by atoms with van der Waals surface area (Å²) in [6.45, 7) is 2.67. The molecular weight excluding hydrogens is 354 g/mol. The lowest BCUT2D eigenvalue weighted by molar-refractivity contribution is 0.184. The van der Waals surface area contributed by atoms with E-state index in [9.17, 15) is 13.2 Å². The van der Waals surface area contributed by atoms with Crippen LogP contribution >= 0.6 is 0 Å². The van der Waals surface area contributed by atoms with Crippen molar-refractivity contribution < 1.29 is 17.9 Å². The molecule has 140 valence electrons. The van der Waals surface area contributed by atoms with Crippen molar-refractivity contribution in [3.05, 3.63) is 65.2 Å². The summed E-state index contributed by atoms with van der Waals surface area (Å²) < 4.78 is 27.7. The first kappa shape index (κ1) is 19.9. The van der Waals surface area contributed by atoms with Gasteiger partial charge in [-0.2, -0.15) is 0 Å². The van der Waals surface area contributed by atoms with Gasteiger partial charge < -0.3 is 15.4 Å². The third-order valence-electron chi connectivity index (χ3n) is 3.91. The van der Waals surface area contributed by atoms with Crippen LogP contribution in [0.3, 0.4) is 0 Å². The molecule has 0 saturated carbocycles. The number of hydrogen-bond acceptors (Lipinski definition) is 4. The summed E-state index contributed by atoms with van der Waals surface area (Å²) in [5.41, 5.74) is 2.77. The highest BCUT2D eigenvalue weighted by Crippen LogP contribution is 2.15. The van der Waals surface area contributed by atoms with Crippen molar-refractivity contribution in [1.29, 1.82) is 0 Å². The number of ether oxygens (including phenoxy) is 1. The number of primary sulfonamides is 1. The van der Waals surface area contributed by atoms with E-state index in [0.717, 1.165) is 16.7 Å². The molecule has 2 rings (SSSR count). The Morgan fingerprint density at radius 2 is 1.73 bits per heavy atom. The maximum atomic E-state index is 12.1. The van der Waals surface area contributed by atoms with Gasteiger partial charge in [0.15, 0.2) is 0 Å². The molecule has 2 aromatic carbocycles. The number of hydrogen-bond donors (Lipinski definition) is 3. The number of carbonyl (C=O) groups excluding carboxylic acids is 1. The Balaban J connectivity index is 1.93. The normalized spacial score (nSPS) is 12.4. The summed E-state index contributed by atoms with van der Waals surface area (Å²) in [6.07, 6.45) is 0. The molecule has 0 fully saturated rings. The van der Waals surface area contributed by atoms with Crippen molar-refractivity contribution in [3.63, 3.8) is 0 Å². The highest BCUT2D eigenvalue weighted by Gasteiger charge is 2.12. The molecular formula is C18H23N3O4S. The lowest BCUT2D eigenvalue weighted by Gasteiger charge is -2.16. The topological polar surface area (TPSA) is 111 Å². The van der Waals surface area contributed by atoms with E-state index in [2.05, 4.69) is 10.6 Å². The molecule has 2 amide bonds. The SMILES string of the molecule is COCc1ccccc1CNC(=O)N[C@@H](C)c1ccc(S(N)(=O)=O)cc1. The Hall–Kier alpha value is -2.42. The second-order valence-corrected chi connectivity index (χ2v) is 7.43. The second-order valence-electron chi connectivity index (χ2n) is 5.86. The molecule has 0 radical (unpaired) electrons. The standard InChI is InChI=1S/C18H23N3O4S/c1-13(14-7-9-17(10-8-14)26(19,23)24)21-18(22)20-11-15-5-3-4-6-16(15)12-25-2/h3-10,13H,11-12H2,1-2H3,(H2,19,23,24)(H2,20,21,22)/t13-/m0/s1. The van der Waals surface area contributed by atoms with Gasteiger partial charge in [-0.3, -0.25) is 0 Å². The van der Waals surface area contributed by atoms with Crippen molar-refractivity contribution in [2.45, 2.75) is 31.0 Å². The number of nitrogens with two attached hydrogens (primary N) is 1. The van der Waals surface area contributed by atoms with E-state index in [0.29, 0.717) is 13.2 Å². The van der Waals surface area contributed by atoms with Gasteiger partial charge >= 0.3 is 6.03 Å². The molecule has 0 bridgehead atoms. The number of methoxy groups -OCH3 is 1. The van der Waals surface area contributed by atoms with E-state index in [1.54, 1.807) is 19.2 Å². The van der Waals surface area contributed by atoms with Gasteiger partial charge in [0, 0.05) is 13.7 Å².